The third kappa shape index (κ3) is 4.28. The van der Waals surface area contributed by atoms with Gasteiger partial charge in [0.15, 0.2) is 0 Å². The van der Waals surface area contributed by atoms with Crippen LogP contribution in [-0.4, -0.2) is 31.3 Å². The lowest BCUT2D eigenvalue weighted by Gasteiger charge is -2.11. The molecule has 17 heavy (non-hydrogen) atoms. The lowest BCUT2D eigenvalue weighted by molar-refractivity contribution is -0.00340. The molecule has 1 aromatic carbocycles. The highest BCUT2D eigenvalue weighted by Crippen LogP contribution is 2.18. The number of benzene rings is 1. The normalized spacial score (nSPS) is 12.8. The highest BCUT2D eigenvalue weighted by Gasteiger charge is 2.15. The molecule has 0 radical (unpaired) electrons. The molecule has 0 heterocycles. The van der Waals surface area contributed by atoms with Crippen LogP contribution in [0, 0.1) is 6.92 Å². The molecule has 5 heteroatoms. The van der Waals surface area contributed by atoms with Gasteiger partial charge in [-0.15, -0.1) is 0 Å². The van der Waals surface area contributed by atoms with Crippen LogP contribution >= 0.6 is 0 Å². The molecule has 0 aromatic heterocycles. The second-order valence-electron chi connectivity index (χ2n) is 3.84. The molecule has 0 fully saturated rings. The van der Waals surface area contributed by atoms with E-state index in [4.69, 9.17) is 9.84 Å². The van der Waals surface area contributed by atoms with Gasteiger partial charge in [0.1, 0.15) is 11.9 Å². The molecule has 0 aliphatic rings. The third-order valence-electron chi connectivity index (χ3n) is 2.43. The van der Waals surface area contributed by atoms with Crippen LogP contribution in [0.2, 0.25) is 0 Å². The van der Waals surface area contributed by atoms with Crippen molar-refractivity contribution in [1.82, 2.24) is 5.32 Å². The summed E-state index contributed by atoms with van der Waals surface area (Å²) in [5.74, 6) is 0.793. The van der Waals surface area contributed by atoms with Crippen molar-refractivity contribution in [1.29, 1.82) is 0 Å². The highest BCUT2D eigenvalue weighted by atomic mass is 19.3. The Hall–Kier alpha value is -1.20. The van der Waals surface area contributed by atoms with E-state index in [1.165, 1.54) is 0 Å². The molecule has 2 N–H and O–H groups in total. The maximum Gasteiger partial charge on any atom is 0.265 e. The Bertz CT molecular complexity index is 358. The Balaban J connectivity index is 2.45. The average molecular weight is 245 g/mol. The van der Waals surface area contributed by atoms with E-state index in [2.05, 4.69) is 5.32 Å². The number of aryl methyl sites for hydroxylation is 1. The summed E-state index contributed by atoms with van der Waals surface area (Å²) in [4.78, 5) is 0. The molecule has 0 aliphatic heterocycles. The third-order valence-corrected chi connectivity index (χ3v) is 2.43. The molecule has 0 spiro atoms. The van der Waals surface area contributed by atoms with Gasteiger partial charge in [-0.25, -0.2) is 8.78 Å². The first-order chi connectivity index (χ1) is 8.04. The van der Waals surface area contributed by atoms with Gasteiger partial charge in [-0.2, -0.15) is 0 Å². The van der Waals surface area contributed by atoms with Crippen molar-refractivity contribution in [3.63, 3.8) is 0 Å². The van der Waals surface area contributed by atoms with Gasteiger partial charge in [0.25, 0.3) is 6.43 Å². The van der Waals surface area contributed by atoms with Crippen LogP contribution in [-0.2, 0) is 6.54 Å². The number of alkyl halides is 2. The van der Waals surface area contributed by atoms with Crippen molar-refractivity contribution in [3.8, 4) is 5.75 Å². The number of hydrogen-bond acceptors (Lipinski definition) is 3. The predicted octanol–water partition coefficient (Wildman–Crippen LogP) is 1.72. The second kappa shape index (κ2) is 6.51. The van der Waals surface area contributed by atoms with Crippen molar-refractivity contribution in [2.24, 2.45) is 0 Å². The molecular weight excluding hydrogens is 228 g/mol. The van der Waals surface area contributed by atoms with Crippen LogP contribution in [0.25, 0.3) is 0 Å². The number of halogens is 2. The lowest BCUT2D eigenvalue weighted by atomic mass is 10.1. The number of aliphatic hydroxyl groups excluding tert-OH is 1. The summed E-state index contributed by atoms with van der Waals surface area (Å²) in [5, 5.41) is 11.7. The van der Waals surface area contributed by atoms with Crippen LogP contribution in [0.15, 0.2) is 18.2 Å². The molecule has 96 valence electrons. The Morgan fingerprint density at radius 3 is 2.65 bits per heavy atom. The van der Waals surface area contributed by atoms with Crippen LogP contribution in [0.5, 0.6) is 5.75 Å². The van der Waals surface area contributed by atoms with E-state index in [-0.39, 0.29) is 6.54 Å². The Kier molecular flexibility index (Phi) is 5.31. The fourth-order valence-corrected chi connectivity index (χ4v) is 1.50. The fourth-order valence-electron chi connectivity index (χ4n) is 1.50. The van der Waals surface area contributed by atoms with Gasteiger partial charge in [-0.3, -0.25) is 0 Å². The number of aliphatic hydroxyl groups is 1. The maximum absolute atomic E-state index is 12.0. The van der Waals surface area contributed by atoms with E-state index in [0.717, 1.165) is 16.9 Å². The zero-order valence-corrected chi connectivity index (χ0v) is 9.91. The molecule has 1 aromatic rings. The average Bonchev–Trinajstić information content (AvgIpc) is 2.29. The van der Waals surface area contributed by atoms with E-state index >= 15 is 0 Å². The van der Waals surface area contributed by atoms with Gasteiger partial charge >= 0.3 is 0 Å². The minimum absolute atomic E-state index is 0.122. The summed E-state index contributed by atoms with van der Waals surface area (Å²) >= 11 is 0. The minimum Gasteiger partial charge on any atom is -0.496 e. The Morgan fingerprint density at radius 2 is 2.12 bits per heavy atom. The molecule has 1 unspecified atom stereocenters. The lowest BCUT2D eigenvalue weighted by Crippen LogP contribution is -2.31. The SMILES string of the molecule is COc1ccc(CNCC(O)C(F)F)cc1C. The zero-order valence-electron chi connectivity index (χ0n) is 9.91. The zero-order chi connectivity index (χ0) is 12.8. The highest BCUT2D eigenvalue weighted by molar-refractivity contribution is 5.36. The monoisotopic (exact) mass is 245 g/mol. The summed E-state index contributed by atoms with van der Waals surface area (Å²) in [6.07, 6.45) is -4.32. The summed E-state index contributed by atoms with van der Waals surface area (Å²) in [7, 11) is 1.60. The van der Waals surface area contributed by atoms with Gasteiger partial charge in [-0.1, -0.05) is 12.1 Å². The van der Waals surface area contributed by atoms with E-state index in [1.807, 2.05) is 25.1 Å². The van der Waals surface area contributed by atoms with Gasteiger partial charge < -0.3 is 15.2 Å². The van der Waals surface area contributed by atoms with Crippen molar-refractivity contribution in [3.05, 3.63) is 29.3 Å². The summed E-state index contributed by atoms with van der Waals surface area (Å²) in [5.41, 5.74) is 1.95. The van der Waals surface area contributed by atoms with E-state index in [1.54, 1.807) is 7.11 Å². The number of ether oxygens (including phenoxy) is 1. The maximum atomic E-state index is 12.0. The quantitative estimate of drug-likeness (QED) is 0.801. The smallest absolute Gasteiger partial charge is 0.265 e. The molecule has 0 saturated heterocycles. The minimum atomic E-state index is -2.71. The fraction of sp³-hybridized carbons (Fsp3) is 0.500. The van der Waals surface area contributed by atoms with Crippen molar-refractivity contribution in [2.75, 3.05) is 13.7 Å². The van der Waals surface area contributed by atoms with E-state index in [0.29, 0.717) is 6.54 Å². The van der Waals surface area contributed by atoms with Gasteiger partial charge in [0, 0.05) is 13.1 Å². The van der Waals surface area contributed by atoms with Crippen LogP contribution in [0.4, 0.5) is 8.78 Å². The van der Waals surface area contributed by atoms with Crippen LogP contribution < -0.4 is 10.1 Å². The van der Waals surface area contributed by atoms with Gasteiger partial charge in [-0.05, 0) is 24.1 Å². The molecule has 0 bridgehead atoms. The van der Waals surface area contributed by atoms with Crippen molar-refractivity contribution >= 4 is 0 Å². The topological polar surface area (TPSA) is 41.5 Å². The van der Waals surface area contributed by atoms with Gasteiger partial charge in [0.2, 0.25) is 0 Å². The molecule has 1 atom stereocenters. The summed E-state index contributed by atoms with van der Waals surface area (Å²) in [6.45, 7) is 2.23. The number of hydrogen-bond donors (Lipinski definition) is 2. The predicted molar refractivity (Wildman–Crippen MR) is 61.4 cm³/mol. The Labute approximate surface area is 99.4 Å². The molecule has 0 aliphatic carbocycles. The first-order valence-electron chi connectivity index (χ1n) is 5.35. The number of methoxy groups -OCH3 is 1. The van der Waals surface area contributed by atoms with Gasteiger partial charge in [0.05, 0.1) is 7.11 Å². The van der Waals surface area contributed by atoms with Crippen molar-refractivity contribution in [2.45, 2.75) is 26.0 Å². The largest absolute Gasteiger partial charge is 0.496 e. The number of rotatable bonds is 6. The summed E-state index contributed by atoms with van der Waals surface area (Å²) in [6, 6.07) is 5.60. The Morgan fingerprint density at radius 1 is 1.41 bits per heavy atom. The molecular formula is C12H17F2NO2. The molecule has 0 saturated carbocycles. The van der Waals surface area contributed by atoms with E-state index in [9.17, 15) is 8.78 Å². The first-order valence-corrected chi connectivity index (χ1v) is 5.35. The van der Waals surface area contributed by atoms with Crippen molar-refractivity contribution < 1.29 is 18.6 Å². The molecule has 0 amide bonds. The molecule has 1 rings (SSSR count). The molecule has 3 nitrogen and oxygen atoms in total. The number of nitrogens with one attached hydrogen (secondary N) is 1. The van der Waals surface area contributed by atoms with E-state index < -0.39 is 12.5 Å². The second-order valence-corrected chi connectivity index (χ2v) is 3.84. The first kappa shape index (κ1) is 13.9. The van der Waals surface area contributed by atoms with Crippen LogP contribution in [0.3, 0.4) is 0 Å². The summed E-state index contributed by atoms with van der Waals surface area (Å²) < 4.78 is 29.1. The standard InChI is InChI=1S/C12H17F2NO2/c1-8-5-9(3-4-11(8)17-2)6-15-7-10(16)12(13)14/h3-5,10,12,15-16H,6-7H2,1-2H3. The van der Waals surface area contributed by atoms with Crippen LogP contribution in [0.1, 0.15) is 11.1 Å².